The fourth-order valence-corrected chi connectivity index (χ4v) is 9.85. The van der Waals surface area contributed by atoms with Gasteiger partial charge in [-0.1, -0.05) is 147 Å². The van der Waals surface area contributed by atoms with Crippen molar-refractivity contribution in [2.24, 2.45) is 0 Å². The number of benzene rings is 8. The number of aliphatic hydroxyl groups excluding tert-OH is 2. The Morgan fingerprint density at radius 1 is 0.387 bits per heavy atom. The molecule has 0 fully saturated rings. The fourth-order valence-electron chi connectivity index (χ4n) is 9.85. The maximum absolute atomic E-state index is 10.7. The first-order valence-electron chi connectivity index (χ1n) is 35.1. The summed E-state index contributed by atoms with van der Waals surface area (Å²) in [5.74, 6) is -1.12. The molecule has 8 heterocycles. The first-order valence-corrected chi connectivity index (χ1v) is 33.6. The van der Waals surface area contributed by atoms with Crippen LogP contribution in [-0.4, -0.2) is 72.8 Å². The van der Waals surface area contributed by atoms with Gasteiger partial charge < -0.3 is 44.0 Å². The molecule has 0 aliphatic heterocycles. The number of nitrogens with zero attached hydrogens (tertiary/aromatic N) is 6. The summed E-state index contributed by atoms with van der Waals surface area (Å²) in [6.07, 6.45) is 10.5. The van der Waals surface area contributed by atoms with Gasteiger partial charge in [0.05, 0.1) is 11.3 Å². The number of aromatic nitrogens is 6. The Hall–Kier alpha value is -10.8. The van der Waals surface area contributed by atoms with E-state index in [0.717, 1.165) is 131 Å². The van der Waals surface area contributed by atoms with Crippen molar-refractivity contribution in [3.05, 3.63) is 352 Å². The standard InChI is InChI=1S/C20H17NO.C20H16NO.4C11H8N.CHF3O3S.2CH4O.2Ir/c2*1-13(2)14-10-11-21-18(12-14)17-8-5-7-16-15-6-3-4-9-19(15)22-20(16)17;4*1-2-6-10(7-3-1)11-8-4-5-9-12-11;2-1(3,4)8(5,6)7;2*1-2;;/h3-13H,1-2H3;3-7,9-13H,1-2H3;4*1-6,8-9H;(H,5,6,7);2*2H,1H3;;/q;5*-1;;;;;+3/i2*1D3;;;;;;;;;. The van der Waals surface area contributed by atoms with Crippen LogP contribution in [0.1, 0.15) is 58.7 Å². The summed E-state index contributed by atoms with van der Waals surface area (Å²) in [7, 11) is -3.84. The van der Waals surface area contributed by atoms with E-state index in [1.807, 2.05) is 261 Å². The van der Waals surface area contributed by atoms with Crippen LogP contribution in [0.25, 0.3) is 111 Å². The van der Waals surface area contributed by atoms with E-state index in [4.69, 9.17) is 40.2 Å². The van der Waals surface area contributed by atoms with Crippen LogP contribution in [0.15, 0.2) is 319 Å². The molecule has 0 bridgehead atoms. The minimum Gasteiger partial charge on any atom is -0.501 e. The van der Waals surface area contributed by atoms with Crippen LogP contribution < -0.4 is 0 Å². The number of para-hydroxylation sites is 3. The van der Waals surface area contributed by atoms with Gasteiger partial charge in [0.1, 0.15) is 16.7 Å². The van der Waals surface area contributed by atoms with Crippen molar-refractivity contribution >= 4 is 54.0 Å². The SMILES string of the molecule is CO.CO.O=S(=O)(O)C(F)(F)F.[2H]C([2H])([2H])C(C)c1ccnc(-c2[c-]ccc3c2oc2ccccc23)c1.[2H]C([2H])([2H])C(C)c1ccnc(-c2cccc3c2oc2ccccc23)c1.[Ir+3].[Ir].[c-]1ccccc1-c1ccccn1.[c-]1ccccc1-c1ccccn1.[c-]1ccccc1-c1ccccn1.[c-]1ccccc1-c1ccccn1. The van der Waals surface area contributed by atoms with Gasteiger partial charge in [0, 0.05) is 101 Å². The molecule has 2 atom stereocenters. The number of hydrogen-bond donors (Lipinski definition) is 3. The van der Waals surface area contributed by atoms with Crippen molar-refractivity contribution in [1.82, 2.24) is 29.9 Å². The van der Waals surface area contributed by atoms with E-state index in [-0.39, 0.29) is 40.2 Å². The predicted molar refractivity (Wildman–Crippen MR) is 409 cm³/mol. The maximum Gasteiger partial charge on any atom is 3.00 e. The molecule has 8 aromatic carbocycles. The molecular formula is C87H74F3Ir2N6O7S-2. The quantitative estimate of drug-likeness (QED) is 0.0738. The van der Waals surface area contributed by atoms with Gasteiger partial charge in [0.25, 0.3) is 0 Å². The van der Waals surface area contributed by atoms with Crippen molar-refractivity contribution in [2.45, 2.75) is 44.9 Å². The molecule has 0 spiro atoms. The Kier molecular flexibility index (Phi) is 30.7. The number of alkyl halides is 3. The van der Waals surface area contributed by atoms with Crippen LogP contribution in [0.2, 0.25) is 0 Å². The van der Waals surface area contributed by atoms with Gasteiger partial charge in [0.2, 0.25) is 0 Å². The average molecular weight is 1800 g/mol. The summed E-state index contributed by atoms with van der Waals surface area (Å²) in [6.45, 7) is -0.664. The molecule has 0 aliphatic carbocycles. The van der Waals surface area contributed by atoms with Crippen LogP contribution in [-0.2, 0) is 50.3 Å². The van der Waals surface area contributed by atoms with E-state index in [0.29, 0.717) is 5.69 Å². The van der Waals surface area contributed by atoms with Crippen molar-refractivity contribution in [2.75, 3.05) is 14.2 Å². The second-order valence-corrected chi connectivity index (χ2v) is 23.2. The summed E-state index contributed by atoms with van der Waals surface area (Å²) < 4.78 is 115. The third kappa shape index (κ3) is 24.4. The summed E-state index contributed by atoms with van der Waals surface area (Å²) in [5, 5.41) is 18.1. The molecule has 0 saturated carbocycles. The summed E-state index contributed by atoms with van der Waals surface area (Å²) in [4.78, 5) is 25.7. The number of rotatable bonds is 8. The molecule has 16 rings (SSSR count). The minimum absolute atomic E-state index is 0. The van der Waals surface area contributed by atoms with Crippen LogP contribution in [0.3, 0.4) is 0 Å². The number of aliphatic hydroxyl groups is 2. The molecule has 106 heavy (non-hydrogen) atoms. The van der Waals surface area contributed by atoms with Crippen molar-refractivity contribution in [1.29, 1.82) is 0 Å². The summed E-state index contributed by atoms with van der Waals surface area (Å²) in [6, 6.07) is 103. The van der Waals surface area contributed by atoms with Crippen molar-refractivity contribution in [3.8, 4) is 67.5 Å². The van der Waals surface area contributed by atoms with Crippen molar-refractivity contribution < 1.29 is 93.6 Å². The number of furan rings is 2. The van der Waals surface area contributed by atoms with E-state index >= 15 is 0 Å². The topological polar surface area (TPSA) is 198 Å². The molecule has 8 aromatic heterocycles. The third-order valence-electron chi connectivity index (χ3n) is 14.7. The molecular weight excluding hydrogens is 1710 g/mol. The Bertz CT molecular complexity index is 4910. The Balaban J connectivity index is 0.000000209. The van der Waals surface area contributed by atoms with Crippen LogP contribution >= 0.6 is 0 Å². The third-order valence-corrected chi connectivity index (χ3v) is 15.3. The van der Waals surface area contributed by atoms with E-state index < -0.39 is 41.2 Å². The molecule has 2 unspecified atom stereocenters. The maximum atomic E-state index is 10.7. The number of hydrogen-bond acceptors (Lipinski definition) is 12. The molecule has 19 heteroatoms. The largest absolute Gasteiger partial charge is 3.00 e. The van der Waals surface area contributed by atoms with Gasteiger partial charge in [0.15, 0.2) is 0 Å². The molecule has 0 aliphatic rings. The average Bonchev–Trinajstić information content (AvgIpc) is 1.62. The van der Waals surface area contributed by atoms with E-state index in [1.54, 1.807) is 63.2 Å². The first kappa shape index (κ1) is 74.9. The molecule has 541 valence electrons. The van der Waals surface area contributed by atoms with Gasteiger partial charge in [-0.2, -0.15) is 21.6 Å². The van der Waals surface area contributed by atoms with E-state index in [2.05, 4.69) is 60.2 Å². The first-order chi connectivity index (χ1) is 53.0. The molecule has 0 amide bonds. The smallest absolute Gasteiger partial charge is 0.501 e. The van der Waals surface area contributed by atoms with Crippen LogP contribution in [0.4, 0.5) is 13.2 Å². The van der Waals surface area contributed by atoms with E-state index in [9.17, 15) is 13.2 Å². The number of halogens is 3. The molecule has 1 radical (unpaired) electrons. The monoisotopic (exact) mass is 1800 g/mol. The van der Waals surface area contributed by atoms with E-state index in [1.165, 1.54) is 0 Å². The van der Waals surface area contributed by atoms with Gasteiger partial charge in [-0.15, -0.1) is 162 Å². The predicted octanol–water partition coefficient (Wildman–Crippen LogP) is 21.1. The summed E-state index contributed by atoms with van der Waals surface area (Å²) in [5.41, 5.74) is 10.1. The molecule has 0 saturated heterocycles. The second-order valence-electron chi connectivity index (χ2n) is 21.8. The Morgan fingerprint density at radius 3 is 1.08 bits per heavy atom. The Morgan fingerprint density at radius 2 is 0.717 bits per heavy atom. The Labute approximate surface area is 651 Å². The van der Waals surface area contributed by atoms with Gasteiger partial charge in [-0.25, -0.2) is 0 Å². The fraction of sp³-hybridized carbons (Fsp3) is 0.103. The zero-order valence-electron chi connectivity index (χ0n) is 63.5. The zero-order chi connectivity index (χ0) is 79.1. The zero-order valence-corrected chi connectivity index (χ0v) is 63.1. The second kappa shape index (κ2) is 43.5. The molecule has 16 aromatic rings. The minimum atomic E-state index is -5.84. The number of fused-ring (bicyclic) bond motifs is 6. The summed E-state index contributed by atoms with van der Waals surface area (Å²) >= 11 is 0. The van der Waals surface area contributed by atoms with Gasteiger partial charge >= 0.3 is 35.7 Å². The normalized spacial score (nSPS) is 11.9. The number of pyridine rings is 6. The van der Waals surface area contributed by atoms with Gasteiger partial charge in [-0.05, 0) is 107 Å². The van der Waals surface area contributed by atoms with Gasteiger partial charge in [-0.3, -0.25) is 9.54 Å². The van der Waals surface area contributed by atoms with Crippen LogP contribution in [0.5, 0.6) is 0 Å². The molecule has 13 nitrogen and oxygen atoms in total. The molecule has 3 N–H and O–H groups in total. The van der Waals surface area contributed by atoms with Crippen molar-refractivity contribution in [3.63, 3.8) is 0 Å². The van der Waals surface area contributed by atoms with Crippen LogP contribution in [0, 0.1) is 30.3 Å².